The summed E-state index contributed by atoms with van der Waals surface area (Å²) in [5.41, 5.74) is 0.377. The second-order valence-corrected chi connectivity index (χ2v) is 4.85. The Hall–Kier alpha value is -0.610. The molecule has 1 unspecified atom stereocenters. The Labute approximate surface area is 96.0 Å². The van der Waals surface area contributed by atoms with Gasteiger partial charge in [-0.05, 0) is 12.1 Å². The lowest BCUT2D eigenvalue weighted by Crippen LogP contribution is -2.28. The van der Waals surface area contributed by atoms with Gasteiger partial charge in [0.1, 0.15) is 5.69 Å². The van der Waals surface area contributed by atoms with Crippen LogP contribution in [0.3, 0.4) is 0 Å². The van der Waals surface area contributed by atoms with Crippen LogP contribution in [0.25, 0.3) is 0 Å². The molecule has 14 heavy (non-hydrogen) atoms. The van der Waals surface area contributed by atoms with Gasteiger partial charge in [-0.15, -0.1) is 0 Å². The second kappa shape index (κ2) is 5.32. The van der Waals surface area contributed by atoms with Crippen molar-refractivity contribution in [3.8, 4) is 0 Å². The summed E-state index contributed by atoms with van der Waals surface area (Å²) in [4.78, 5) is 15.6. The van der Waals surface area contributed by atoms with Gasteiger partial charge in [0.2, 0.25) is 0 Å². The number of amides is 1. The van der Waals surface area contributed by atoms with Crippen molar-refractivity contribution >= 4 is 33.4 Å². The number of halogens is 2. The lowest BCUT2D eigenvalue weighted by atomic mass is 10.3. The van der Waals surface area contributed by atoms with Crippen LogP contribution >= 0.6 is 27.5 Å². The van der Waals surface area contributed by atoms with Crippen molar-refractivity contribution in [1.29, 1.82) is 0 Å². The first-order valence-electron chi connectivity index (χ1n) is 4.13. The molecule has 3 nitrogen and oxygen atoms in total. The molecule has 76 valence electrons. The summed E-state index contributed by atoms with van der Waals surface area (Å²) in [7, 11) is 0. The van der Waals surface area contributed by atoms with E-state index in [9.17, 15) is 4.79 Å². The number of rotatable bonds is 3. The first kappa shape index (κ1) is 11.5. The summed E-state index contributed by atoms with van der Waals surface area (Å²) in [5.74, 6) is -0.187. The van der Waals surface area contributed by atoms with E-state index in [-0.39, 0.29) is 10.7 Å². The molecule has 1 rings (SSSR count). The van der Waals surface area contributed by atoms with Gasteiger partial charge in [0.25, 0.3) is 5.91 Å². The Balaban J connectivity index is 2.57. The highest BCUT2D eigenvalue weighted by Gasteiger charge is 2.06. The smallest absolute Gasteiger partial charge is 0.269 e. The molecular formula is C9H10BrClN2O. The van der Waals surface area contributed by atoms with Crippen molar-refractivity contribution in [2.24, 2.45) is 0 Å². The molecule has 0 saturated carbocycles. The van der Waals surface area contributed by atoms with Gasteiger partial charge < -0.3 is 5.32 Å². The van der Waals surface area contributed by atoms with Crippen molar-refractivity contribution in [2.75, 3.05) is 6.54 Å². The summed E-state index contributed by atoms with van der Waals surface area (Å²) in [6.07, 6.45) is 1.45. The standard InChI is InChI=1S/C9H10BrClN2O/c1-6(10)4-13-9(14)8-3-2-7(11)5-12-8/h2-3,5-6H,4H2,1H3,(H,13,14). The highest BCUT2D eigenvalue weighted by molar-refractivity contribution is 9.09. The number of nitrogens with one attached hydrogen (secondary N) is 1. The SMILES string of the molecule is CC(Br)CNC(=O)c1ccc(Cl)cn1. The Morgan fingerprint density at radius 1 is 1.71 bits per heavy atom. The minimum absolute atomic E-state index is 0.187. The fraction of sp³-hybridized carbons (Fsp3) is 0.333. The molecule has 0 saturated heterocycles. The molecule has 0 radical (unpaired) electrons. The average Bonchev–Trinajstić information content (AvgIpc) is 2.15. The van der Waals surface area contributed by atoms with Crippen LogP contribution in [0.15, 0.2) is 18.3 Å². The van der Waals surface area contributed by atoms with E-state index in [1.165, 1.54) is 6.20 Å². The van der Waals surface area contributed by atoms with E-state index in [4.69, 9.17) is 11.6 Å². The molecule has 1 atom stereocenters. The largest absolute Gasteiger partial charge is 0.350 e. The molecule has 1 aromatic rings. The third-order valence-corrected chi connectivity index (χ3v) is 2.05. The van der Waals surface area contributed by atoms with Crippen LogP contribution in [-0.4, -0.2) is 22.3 Å². The number of nitrogens with zero attached hydrogens (tertiary/aromatic N) is 1. The minimum atomic E-state index is -0.187. The molecule has 5 heteroatoms. The monoisotopic (exact) mass is 276 g/mol. The summed E-state index contributed by atoms with van der Waals surface area (Å²) in [6, 6.07) is 3.23. The van der Waals surface area contributed by atoms with Crippen LogP contribution in [0.1, 0.15) is 17.4 Å². The topological polar surface area (TPSA) is 42.0 Å². The predicted molar refractivity (Wildman–Crippen MR) is 60.0 cm³/mol. The van der Waals surface area contributed by atoms with Gasteiger partial charge in [-0.2, -0.15) is 0 Å². The van der Waals surface area contributed by atoms with Crippen LogP contribution in [0.5, 0.6) is 0 Å². The molecule has 0 bridgehead atoms. The lowest BCUT2D eigenvalue weighted by molar-refractivity contribution is 0.0949. The predicted octanol–water partition coefficient (Wildman–Crippen LogP) is 2.25. The number of pyridine rings is 1. The van der Waals surface area contributed by atoms with Gasteiger partial charge in [-0.25, -0.2) is 4.98 Å². The zero-order valence-corrected chi connectivity index (χ0v) is 9.97. The van der Waals surface area contributed by atoms with Gasteiger partial charge in [0.15, 0.2) is 0 Å². The molecule has 0 aliphatic heterocycles. The number of alkyl halides is 1. The highest BCUT2D eigenvalue weighted by atomic mass is 79.9. The van der Waals surface area contributed by atoms with Gasteiger partial charge in [-0.3, -0.25) is 4.79 Å². The minimum Gasteiger partial charge on any atom is -0.350 e. The van der Waals surface area contributed by atoms with Crippen LogP contribution in [0.2, 0.25) is 5.02 Å². The number of aromatic nitrogens is 1. The van der Waals surface area contributed by atoms with Crippen molar-refractivity contribution in [3.63, 3.8) is 0 Å². The van der Waals surface area contributed by atoms with Crippen molar-refractivity contribution in [2.45, 2.75) is 11.8 Å². The van der Waals surface area contributed by atoms with Gasteiger partial charge >= 0.3 is 0 Å². The third kappa shape index (κ3) is 3.64. The number of hydrogen-bond donors (Lipinski definition) is 1. The Bertz CT molecular complexity index is 313. The van der Waals surface area contributed by atoms with Crippen LogP contribution in [0.4, 0.5) is 0 Å². The van der Waals surface area contributed by atoms with Gasteiger partial charge in [0.05, 0.1) is 5.02 Å². The van der Waals surface area contributed by atoms with Gasteiger partial charge in [-0.1, -0.05) is 34.5 Å². The first-order valence-corrected chi connectivity index (χ1v) is 5.43. The quantitative estimate of drug-likeness (QED) is 0.861. The van der Waals surface area contributed by atoms with Crippen LogP contribution < -0.4 is 5.32 Å². The van der Waals surface area contributed by atoms with Crippen molar-refractivity contribution in [3.05, 3.63) is 29.0 Å². The van der Waals surface area contributed by atoms with E-state index >= 15 is 0 Å². The summed E-state index contributed by atoms with van der Waals surface area (Å²) >= 11 is 8.97. The fourth-order valence-electron chi connectivity index (χ4n) is 0.834. The molecule has 1 heterocycles. The van der Waals surface area contributed by atoms with E-state index in [0.29, 0.717) is 17.3 Å². The maximum atomic E-state index is 11.4. The van der Waals surface area contributed by atoms with Crippen LogP contribution in [0, 0.1) is 0 Å². The molecule has 1 N–H and O–H groups in total. The maximum absolute atomic E-state index is 11.4. The summed E-state index contributed by atoms with van der Waals surface area (Å²) < 4.78 is 0. The van der Waals surface area contributed by atoms with Crippen molar-refractivity contribution in [1.82, 2.24) is 10.3 Å². The Kier molecular flexibility index (Phi) is 4.35. The molecular weight excluding hydrogens is 267 g/mol. The zero-order valence-electron chi connectivity index (χ0n) is 7.63. The van der Waals surface area contributed by atoms with E-state index in [0.717, 1.165) is 0 Å². The first-order chi connectivity index (χ1) is 6.59. The van der Waals surface area contributed by atoms with E-state index < -0.39 is 0 Å². The normalized spacial score (nSPS) is 12.2. The molecule has 0 aromatic carbocycles. The van der Waals surface area contributed by atoms with E-state index in [2.05, 4.69) is 26.2 Å². The maximum Gasteiger partial charge on any atom is 0.269 e. The lowest BCUT2D eigenvalue weighted by Gasteiger charge is -2.05. The molecule has 0 aliphatic rings. The Morgan fingerprint density at radius 3 is 2.93 bits per heavy atom. The third-order valence-electron chi connectivity index (χ3n) is 1.50. The molecule has 1 aromatic heterocycles. The molecule has 0 aliphatic carbocycles. The molecule has 1 amide bonds. The average molecular weight is 278 g/mol. The number of carbonyl (C=O) groups excluding carboxylic acids is 1. The summed E-state index contributed by atoms with van der Waals surface area (Å²) in [6.45, 7) is 2.53. The van der Waals surface area contributed by atoms with E-state index in [1.807, 2.05) is 6.92 Å². The zero-order chi connectivity index (χ0) is 10.6. The number of hydrogen-bond acceptors (Lipinski definition) is 2. The second-order valence-electron chi connectivity index (χ2n) is 2.85. The highest BCUT2D eigenvalue weighted by Crippen LogP contribution is 2.06. The van der Waals surface area contributed by atoms with Crippen molar-refractivity contribution < 1.29 is 4.79 Å². The van der Waals surface area contributed by atoms with E-state index in [1.54, 1.807) is 12.1 Å². The summed E-state index contributed by atoms with van der Waals surface area (Å²) in [5, 5.41) is 3.25. The number of carbonyl (C=O) groups is 1. The molecule has 0 spiro atoms. The fourth-order valence-corrected chi connectivity index (χ4v) is 1.11. The van der Waals surface area contributed by atoms with Gasteiger partial charge in [0, 0.05) is 17.6 Å². The van der Waals surface area contributed by atoms with Crippen LogP contribution in [-0.2, 0) is 0 Å². The Morgan fingerprint density at radius 2 is 2.43 bits per heavy atom. The molecule has 0 fully saturated rings.